The first-order valence-electron chi connectivity index (χ1n) is 5.97. The molecule has 0 nitrogen and oxygen atoms in total. The zero-order valence-electron chi connectivity index (χ0n) is 9.83. The van der Waals surface area contributed by atoms with Crippen molar-refractivity contribution < 1.29 is 0 Å². The second kappa shape index (κ2) is 3.60. The van der Waals surface area contributed by atoms with E-state index < -0.39 is 8.80 Å². The zero-order chi connectivity index (χ0) is 11.1. The van der Waals surface area contributed by atoms with Gasteiger partial charge >= 0.3 is 0 Å². The van der Waals surface area contributed by atoms with Gasteiger partial charge in [0.2, 0.25) is 0 Å². The zero-order valence-corrected chi connectivity index (χ0v) is 11.0. The summed E-state index contributed by atoms with van der Waals surface area (Å²) in [4.78, 5) is 0. The number of rotatable bonds is 1. The van der Waals surface area contributed by atoms with Gasteiger partial charge in [-0.15, -0.1) is 0 Å². The maximum absolute atomic E-state index is 2.42. The minimum Gasteiger partial charge on any atom is -0.0682 e. The fourth-order valence-corrected chi connectivity index (χ4v) is 4.17. The van der Waals surface area contributed by atoms with Crippen LogP contribution >= 0.6 is 0 Å². The molecule has 0 radical (unpaired) electrons. The molecule has 80 valence electrons. The molecule has 0 amide bonds. The Bertz CT molecular complexity index is 541. The van der Waals surface area contributed by atoms with Crippen molar-refractivity contribution in [3.63, 3.8) is 0 Å². The molecule has 0 saturated carbocycles. The lowest BCUT2D eigenvalue weighted by atomic mass is 10.1. The fourth-order valence-electron chi connectivity index (χ4n) is 2.72. The Morgan fingerprint density at radius 2 is 1.62 bits per heavy atom. The highest BCUT2D eigenvalue weighted by Gasteiger charge is 2.21. The third-order valence-electron chi connectivity index (χ3n) is 3.51. The predicted octanol–water partition coefficient (Wildman–Crippen LogP) is 2.95. The smallest absolute Gasteiger partial charge is 0.0651 e. The highest BCUT2D eigenvalue weighted by atomic mass is 28.3. The quantitative estimate of drug-likeness (QED) is 0.558. The molecule has 0 aliphatic heterocycles. The van der Waals surface area contributed by atoms with Crippen LogP contribution in [0.4, 0.5) is 0 Å². The van der Waals surface area contributed by atoms with E-state index in [1.807, 2.05) is 0 Å². The van der Waals surface area contributed by atoms with E-state index in [1.54, 1.807) is 10.8 Å². The van der Waals surface area contributed by atoms with Crippen molar-refractivity contribution in [3.05, 3.63) is 53.6 Å². The summed E-state index contributed by atoms with van der Waals surface area (Å²) in [5.74, 6) is 0. The summed E-state index contributed by atoms with van der Waals surface area (Å²) in [6.45, 7) is 4.83. The molecule has 0 fully saturated rings. The van der Waals surface area contributed by atoms with Crippen LogP contribution in [0.2, 0.25) is 13.1 Å². The van der Waals surface area contributed by atoms with Crippen molar-refractivity contribution in [2.45, 2.75) is 19.5 Å². The van der Waals surface area contributed by atoms with Crippen molar-refractivity contribution in [1.82, 2.24) is 0 Å². The average Bonchev–Trinajstić information content (AvgIpc) is 2.67. The summed E-state index contributed by atoms with van der Waals surface area (Å²) in [6, 6.07) is 15.7. The predicted molar refractivity (Wildman–Crippen MR) is 73.2 cm³/mol. The van der Waals surface area contributed by atoms with Crippen molar-refractivity contribution in [2.24, 2.45) is 0 Å². The summed E-state index contributed by atoms with van der Waals surface area (Å²) in [6.07, 6.45) is 1.15. The Balaban J connectivity index is 2.24. The topological polar surface area (TPSA) is 0 Å². The Morgan fingerprint density at radius 3 is 2.44 bits per heavy atom. The minimum atomic E-state index is -0.705. The maximum Gasteiger partial charge on any atom is 0.0651 e. The largest absolute Gasteiger partial charge is 0.0682 e. The first-order valence-corrected chi connectivity index (χ1v) is 8.86. The maximum atomic E-state index is 2.42. The van der Waals surface area contributed by atoms with Gasteiger partial charge in [0.15, 0.2) is 0 Å². The van der Waals surface area contributed by atoms with Crippen LogP contribution in [0.1, 0.15) is 11.1 Å². The molecule has 2 aromatic carbocycles. The Hall–Kier alpha value is -1.34. The molecule has 0 heterocycles. The van der Waals surface area contributed by atoms with E-state index >= 15 is 0 Å². The standard InChI is InChI=1S/C15H16Si/c1-16(2)15-9-5-8-13-12-7-4-3-6-11(12)10-14(13)15/h3-9,16H,10H2,1-2H3. The minimum absolute atomic E-state index is 0.705. The Kier molecular flexibility index (Phi) is 2.22. The van der Waals surface area contributed by atoms with E-state index in [0.717, 1.165) is 6.42 Å². The Labute approximate surface area is 98.6 Å². The molecule has 0 atom stereocenters. The number of hydrogen-bond acceptors (Lipinski definition) is 0. The molecular weight excluding hydrogens is 208 g/mol. The molecule has 2 aromatic rings. The van der Waals surface area contributed by atoms with Crippen LogP contribution in [-0.2, 0) is 6.42 Å². The first kappa shape index (κ1) is 9.85. The van der Waals surface area contributed by atoms with Crippen molar-refractivity contribution in [3.8, 4) is 11.1 Å². The lowest BCUT2D eigenvalue weighted by molar-refractivity contribution is 1.28. The van der Waals surface area contributed by atoms with E-state index in [4.69, 9.17) is 0 Å². The molecule has 16 heavy (non-hydrogen) atoms. The monoisotopic (exact) mass is 224 g/mol. The van der Waals surface area contributed by atoms with Gasteiger partial charge in [-0.1, -0.05) is 60.7 Å². The van der Waals surface area contributed by atoms with Crippen molar-refractivity contribution >= 4 is 14.0 Å². The van der Waals surface area contributed by atoms with Crippen molar-refractivity contribution in [1.29, 1.82) is 0 Å². The summed E-state index contributed by atoms with van der Waals surface area (Å²) >= 11 is 0. The van der Waals surface area contributed by atoms with Gasteiger partial charge in [-0.3, -0.25) is 0 Å². The molecule has 0 saturated heterocycles. The summed E-state index contributed by atoms with van der Waals surface area (Å²) in [5.41, 5.74) is 6.04. The van der Waals surface area contributed by atoms with Gasteiger partial charge in [0.25, 0.3) is 0 Å². The molecule has 0 bridgehead atoms. The van der Waals surface area contributed by atoms with E-state index in [-0.39, 0.29) is 0 Å². The van der Waals surface area contributed by atoms with Gasteiger partial charge in [-0.2, -0.15) is 0 Å². The first-order chi connectivity index (χ1) is 7.77. The van der Waals surface area contributed by atoms with E-state index in [9.17, 15) is 0 Å². The van der Waals surface area contributed by atoms with Crippen LogP contribution in [0.15, 0.2) is 42.5 Å². The number of benzene rings is 2. The molecule has 1 aliphatic carbocycles. The number of hydrogen-bond donors (Lipinski definition) is 0. The van der Waals surface area contributed by atoms with Gasteiger partial charge in [-0.05, 0) is 28.7 Å². The lowest BCUT2D eigenvalue weighted by Crippen LogP contribution is -2.26. The van der Waals surface area contributed by atoms with Crippen molar-refractivity contribution in [2.75, 3.05) is 0 Å². The van der Waals surface area contributed by atoms with Gasteiger partial charge in [0.1, 0.15) is 0 Å². The highest BCUT2D eigenvalue weighted by Crippen LogP contribution is 2.35. The van der Waals surface area contributed by atoms with Gasteiger partial charge < -0.3 is 0 Å². The van der Waals surface area contributed by atoms with Gasteiger partial charge in [-0.25, -0.2) is 0 Å². The second-order valence-corrected chi connectivity index (χ2v) is 7.79. The fraction of sp³-hybridized carbons (Fsp3) is 0.200. The van der Waals surface area contributed by atoms with Crippen LogP contribution in [-0.4, -0.2) is 8.80 Å². The van der Waals surface area contributed by atoms with E-state index in [0.29, 0.717) is 0 Å². The molecule has 0 N–H and O–H groups in total. The van der Waals surface area contributed by atoms with E-state index in [2.05, 4.69) is 55.6 Å². The summed E-state index contributed by atoms with van der Waals surface area (Å²) in [5, 5.41) is 1.65. The molecule has 3 rings (SSSR count). The molecular formula is C15H16Si. The summed E-state index contributed by atoms with van der Waals surface area (Å²) in [7, 11) is -0.705. The third-order valence-corrected chi connectivity index (χ3v) is 5.29. The molecule has 0 spiro atoms. The van der Waals surface area contributed by atoms with Crippen LogP contribution in [0.5, 0.6) is 0 Å². The van der Waals surface area contributed by atoms with Crippen LogP contribution in [0.25, 0.3) is 11.1 Å². The van der Waals surface area contributed by atoms with Gasteiger partial charge in [0, 0.05) is 0 Å². The SMILES string of the molecule is C[SiH](C)c1cccc2c1Cc1ccccc1-2. The molecule has 0 aromatic heterocycles. The lowest BCUT2D eigenvalue weighted by Gasteiger charge is -2.10. The molecule has 0 unspecified atom stereocenters. The van der Waals surface area contributed by atoms with Crippen LogP contribution < -0.4 is 5.19 Å². The summed E-state index contributed by atoms with van der Waals surface area (Å²) < 4.78 is 0. The number of fused-ring (bicyclic) bond motifs is 3. The third kappa shape index (κ3) is 1.35. The highest BCUT2D eigenvalue weighted by molar-refractivity contribution is 6.71. The van der Waals surface area contributed by atoms with E-state index in [1.165, 1.54) is 16.7 Å². The van der Waals surface area contributed by atoms with Crippen LogP contribution in [0, 0.1) is 0 Å². The Morgan fingerprint density at radius 1 is 0.875 bits per heavy atom. The molecule has 1 aliphatic rings. The van der Waals surface area contributed by atoms with Gasteiger partial charge in [0.05, 0.1) is 8.80 Å². The normalized spacial score (nSPS) is 12.7. The second-order valence-electron chi connectivity index (χ2n) is 4.86. The van der Waals surface area contributed by atoms with Crippen LogP contribution in [0.3, 0.4) is 0 Å². The molecule has 1 heteroatoms. The average molecular weight is 224 g/mol.